The van der Waals surface area contributed by atoms with E-state index in [9.17, 15) is 9.59 Å². The fraction of sp³-hybridized carbons (Fsp3) is 0.300. The van der Waals surface area contributed by atoms with Crippen molar-refractivity contribution in [3.05, 3.63) is 69.7 Å². The molecule has 0 radical (unpaired) electrons. The molecule has 2 aromatic rings. The van der Waals surface area contributed by atoms with Crippen molar-refractivity contribution in [3.63, 3.8) is 0 Å². The molecule has 0 saturated heterocycles. The van der Waals surface area contributed by atoms with Crippen LogP contribution in [0.15, 0.2) is 48.5 Å². The number of benzene rings is 2. The van der Waals surface area contributed by atoms with Gasteiger partial charge < -0.3 is 18.9 Å². The van der Waals surface area contributed by atoms with Crippen LogP contribution in [0.2, 0.25) is 10.0 Å². The lowest BCUT2D eigenvalue weighted by atomic mass is 10.2. The van der Waals surface area contributed by atoms with Gasteiger partial charge >= 0.3 is 11.9 Å². The maximum absolute atomic E-state index is 11.8. The smallest absolute Gasteiger partial charge is 0.339 e. The summed E-state index contributed by atoms with van der Waals surface area (Å²) in [7, 11) is 0. The van der Waals surface area contributed by atoms with Gasteiger partial charge in [0.05, 0.1) is 47.6 Å². The Morgan fingerprint density at radius 1 is 0.607 bits per heavy atom. The lowest BCUT2D eigenvalue weighted by molar-refractivity contribution is 0.00230. The second kappa shape index (κ2) is 12.4. The Hall–Kier alpha value is -2.12. The van der Waals surface area contributed by atoms with Crippen molar-refractivity contribution in [1.82, 2.24) is 0 Å². The minimum Gasteiger partial charge on any atom is -0.460 e. The van der Waals surface area contributed by atoms with Crippen molar-refractivity contribution in [2.75, 3.05) is 39.6 Å². The molecule has 0 aromatic heterocycles. The van der Waals surface area contributed by atoms with E-state index in [2.05, 4.69) is 0 Å². The van der Waals surface area contributed by atoms with Crippen LogP contribution in [0.3, 0.4) is 0 Å². The van der Waals surface area contributed by atoms with Crippen LogP contribution in [0.4, 0.5) is 0 Å². The SMILES string of the molecule is O=C(OCCOCCOCCOC(=O)c1ccccc1Cl)c1ccccc1Cl. The largest absolute Gasteiger partial charge is 0.460 e. The van der Waals surface area contributed by atoms with E-state index < -0.39 is 11.9 Å². The molecule has 0 bridgehead atoms. The molecule has 0 aliphatic rings. The lowest BCUT2D eigenvalue weighted by Gasteiger charge is -2.08. The molecule has 2 rings (SSSR count). The van der Waals surface area contributed by atoms with Gasteiger partial charge in [-0.05, 0) is 24.3 Å². The molecular weight excluding hydrogens is 407 g/mol. The Morgan fingerprint density at radius 3 is 1.36 bits per heavy atom. The van der Waals surface area contributed by atoms with Crippen LogP contribution in [-0.2, 0) is 18.9 Å². The topological polar surface area (TPSA) is 71.1 Å². The van der Waals surface area contributed by atoms with Gasteiger partial charge in [0.1, 0.15) is 13.2 Å². The molecule has 28 heavy (non-hydrogen) atoms. The van der Waals surface area contributed by atoms with Gasteiger partial charge in [0.15, 0.2) is 0 Å². The number of halogens is 2. The Kier molecular flexibility index (Phi) is 9.79. The summed E-state index contributed by atoms with van der Waals surface area (Å²) in [6, 6.07) is 13.3. The Bertz CT molecular complexity index is 715. The highest BCUT2D eigenvalue weighted by atomic mass is 35.5. The Labute approximate surface area is 173 Å². The van der Waals surface area contributed by atoms with Crippen molar-refractivity contribution in [2.45, 2.75) is 0 Å². The van der Waals surface area contributed by atoms with E-state index in [1.807, 2.05) is 0 Å². The first-order valence-electron chi connectivity index (χ1n) is 8.58. The van der Waals surface area contributed by atoms with Gasteiger partial charge in [-0.15, -0.1) is 0 Å². The lowest BCUT2D eigenvalue weighted by Crippen LogP contribution is -2.15. The third-order valence-electron chi connectivity index (χ3n) is 3.48. The highest BCUT2D eigenvalue weighted by Gasteiger charge is 2.11. The summed E-state index contributed by atoms with van der Waals surface area (Å²) in [4.78, 5) is 23.6. The molecule has 0 fully saturated rings. The van der Waals surface area contributed by atoms with Gasteiger partial charge in [-0.3, -0.25) is 0 Å². The molecule has 0 amide bonds. The van der Waals surface area contributed by atoms with Crippen LogP contribution in [0.1, 0.15) is 20.7 Å². The van der Waals surface area contributed by atoms with Crippen LogP contribution in [0, 0.1) is 0 Å². The molecule has 6 nitrogen and oxygen atoms in total. The first kappa shape index (κ1) is 22.2. The maximum atomic E-state index is 11.8. The van der Waals surface area contributed by atoms with Crippen LogP contribution in [-0.4, -0.2) is 51.6 Å². The van der Waals surface area contributed by atoms with Crippen LogP contribution < -0.4 is 0 Å². The predicted octanol–water partition coefficient (Wildman–Crippen LogP) is 4.04. The average molecular weight is 427 g/mol. The van der Waals surface area contributed by atoms with Crippen molar-refractivity contribution < 1.29 is 28.5 Å². The number of carbonyl (C=O) groups is 2. The first-order chi connectivity index (χ1) is 13.6. The molecule has 0 aliphatic carbocycles. The molecule has 0 N–H and O–H groups in total. The minimum atomic E-state index is -0.495. The third-order valence-corrected chi connectivity index (χ3v) is 4.14. The normalized spacial score (nSPS) is 10.5. The highest BCUT2D eigenvalue weighted by Crippen LogP contribution is 2.16. The van der Waals surface area contributed by atoms with Gasteiger partial charge in [-0.2, -0.15) is 0 Å². The minimum absolute atomic E-state index is 0.111. The van der Waals surface area contributed by atoms with Crippen molar-refractivity contribution in [3.8, 4) is 0 Å². The molecule has 8 heteroatoms. The summed E-state index contributed by atoms with van der Waals surface area (Å²) in [5.41, 5.74) is 0.637. The molecule has 0 unspecified atom stereocenters. The molecular formula is C20H20Cl2O6. The van der Waals surface area contributed by atoms with Crippen LogP contribution >= 0.6 is 23.2 Å². The number of ether oxygens (including phenoxy) is 4. The third kappa shape index (κ3) is 7.48. The van der Waals surface area contributed by atoms with Crippen LogP contribution in [0.5, 0.6) is 0 Å². The number of esters is 2. The summed E-state index contributed by atoms with van der Waals surface area (Å²) in [5, 5.41) is 0.689. The zero-order valence-corrected chi connectivity index (χ0v) is 16.6. The van der Waals surface area contributed by atoms with Crippen molar-refractivity contribution >= 4 is 35.1 Å². The molecule has 2 aromatic carbocycles. The average Bonchev–Trinajstić information content (AvgIpc) is 2.69. The summed E-state index contributed by atoms with van der Waals surface area (Å²) >= 11 is 11.8. The Balaban J connectivity index is 1.47. The summed E-state index contributed by atoms with van der Waals surface area (Å²) in [5.74, 6) is -0.989. The fourth-order valence-corrected chi connectivity index (χ4v) is 2.54. The standard InChI is InChI=1S/C20H20Cl2O6/c21-17-7-3-1-5-15(17)19(23)27-13-11-25-9-10-26-12-14-28-20(24)16-6-2-4-8-18(16)22/h1-8H,9-14H2. The van der Waals surface area contributed by atoms with E-state index in [1.165, 1.54) is 0 Å². The monoisotopic (exact) mass is 426 g/mol. The van der Waals surface area contributed by atoms with E-state index in [0.717, 1.165) is 0 Å². The fourth-order valence-electron chi connectivity index (χ4n) is 2.12. The van der Waals surface area contributed by atoms with Gasteiger partial charge in [0, 0.05) is 0 Å². The predicted molar refractivity (Wildman–Crippen MR) is 105 cm³/mol. The highest BCUT2D eigenvalue weighted by molar-refractivity contribution is 6.33. The summed E-state index contributed by atoms with van der Waals surface area (Å²) < 4.78 is 20.8. The first-order valence-corrected chi connectivity index (χ1v) is 9.34. The second-order valence-corrected chi connectivity index (χ2v) is 6.27. The Morgan fingerprint density at radius 2 is 0.964 bits per heavy atom. The van der Waals surface area contributed by atoms with E-state index in [-0.39, 0.29) is 26.4 Å². The zero-order chi connectivity index (χ0) is 20.2. The molecule has 0 saturated carbocycles. The molecule has 0 heterocycles. The van der Waals surface area contributed by atoms with E-state index in [0.29, 0.717) is 34.4 Å². The van der Waals surface area contributed by atoms with E-state index in [4.69, 9.17) is 42.1 Å². The molecule has 0 atom stereocenters. The van der Waals surface area contributed by atoms with Crippen LogP contribution in [0.25, 0.3) is 0 Å². The molecule has 150 valence electrons. The number of hydrogen-bond donors (Lipinski definition) is 0. The number of rotatable bonds is 11. The zero-order valence-electron chi connectivity index (χ0n) is 15.1. The second-order valence-electron chi connectivity index (χ2n) is 5.46. The number of hydrogen-bond acceptors (Lipinski definition) is 6. The quantitative estimate of drug-likeness (QED) is 0.398. The van der Waals surface area contributed by atoms with Gasteiger partial charge in [-0.1, -0.05) is 47.5 Å². The summed E-state index contributed by atoms with van der Waals surface area (Å²) in [6.45, 7) is 1.34. The van der Waals surface area contributed by atoms with Crippen molar-refractivity contribution in [2.24, 2.45) is 0 Å². The maximum Gasteiger partial charge on any atom is 0.339 e. The number of carbonyl (C=O) groups excluding carboxylic acids is 2. The van der Waals surface area contributed by atoms with E-state index >= 15 is 0 Å². The van der Waals surface area contributed by atoms with Gasteiger partial charge in [-0.25, -0.2) is 9.59 Å². The van der Waals surface area contributed by atoms with Gasteiger partial charge in [0.25, 0.3) is 0 Å². The van der Waals surface area contributed by atoms with Crippen molar-refractivity contribution in [1.29, 1.82) is 0 Å². The van der Waals surface area contributed by atoms with E-state index in [1.54, 1.807) is 48.5 Å². The molecule has 0 aliphatic heterocycles. The summed E-state index contributed by atoms with van der Waals surface area (Å²) in [6.07, 6.45) is 0. The molecule has 0 spiro atoms. The van der Waals surface area contributed by atoms with Gasteiger partial charge in [0.2, 0.25) is 0 Å².